The number of carbonyl (C=O) groups excluding carboxylic acids is 1. The number of ether oxygens (including phenoxy) is 2. The van der Waals surface area contributed by atoms with Gasteiger partial charge in [0.05, 0.1) is 10.6 Å². The number of rotatable bonds is 4. The molecule has 0 bridgehead atoms. The van der Waals surface area contributed by atoms with E-state index in [1.807, 2.05) is 0 Å². The summed E-state index contributed by atoms with van der Waals surface area (Å²) in [5.74, 6) is 0.654. The van der Waals surface area contributed by atoms with Gasteiger partial charge in [0.2, 0.25) is 12.7 Å². The Bertz CT molecular complexity index is 842. The van der Waals surface area contributed by atoms with Gasteiger partial charge >= 0.3 is 6.18 Å². The molecule has 0 unspecified atom stereocenters. The Morgan fingerprint density at radius 3 is 2.54 bits per heavy atom. The molecular formula is C17H14ClF3N2O3. The summed E-state index contributed by atoms with van der Waals surface area (Å²) in [6, 6.07) is 7.58. The molecule has 0 radical (unpaired) electrons. The second-order valence-corrected chi connectivity index (χ2v) is 6.02. The van der Waals surface area contributed by atoms with Crippen molar-refractivity contribution in [2.75, 3.05) is 17.4 Å². The lowest BCUT2D eigenvalue weighted by molar-refractivity contribution is -0.137. The molecule has 5 nitrogen and oxygen atoms in total. The van der Waals surface area contributed by atoms with E-state index in [2.05, 4.69) is 10.6 Å². The maximum absolute atomic E-state index is 12.9. The van der Waals surface area contributed by atoms with E-state index >= 15 is 0 Å². The molecule has 0 fully saturated rings. The van der Waals surface area contributed by atoms with Crippen molar-refractivity contribution in [2.45, 2.75) is 19.1 Å². The zero-order valence-corrected chi connectivity index (χ0v) is 14.2. The Morgan fingerprint density at radius 1 is 1.12 bits per heavy atom. The summed E-state index contributed by atoms with van der Waals surface area (Å²) >= 11 is 5.57. The third-order valence-electron chi connectivity index (χ3n) is 3.69. The second-order valence-electron chi connectivity index (χ2n) is 5.62. The van der Waals surface area contributed by atoms with Crippen molar-refractivity contribution in [1.29, 1.82) is 0 Å². The van der Waals surface area contributed by atoms with Crippen LogP contribution in [0.4, 0.5) is 24.5 Å². The smallest absolute Gasteiger partial charge is 0.417 e. The maximum atomic E-state index is 12.9. The number of amides is 1. The summed E-state index contributed by atoms with van der Waals surface area (Å²) in [6.45, 7) is 1.72. The molecule has 2 aromatic carbocycles. The number of hydrogen-bond acceptors (Lipinski definition) is 4. The number of fused-ring (bicyclic) bond motifs is 1. The zero-order valence-electron chi connectivity index (χ0n) is 13.5. The Kier molecular flexibility index (Phi) is 4.86. The summed E-state index contributed by atoms with van der Waals surface area (Å²) in [7, 11) is 0. The van der Waals surface area contributed by atoms with Crippen molar-refractivity contribution < 1.29 is 27.4 Å². The monoisotopic (exact) mass is 386 g/mol. The SMILES string of the molecule is C[C@@H](Nc1ccc2c(c1)OCO2)C(=O)Nc1ccc(Cl)c(C(F)(F)F)c1. The molecule has 26 heavy (non-hydrogen) atoms. The minimum atomic E-state index is -4.60. The van der Waals surface area contributed by atoms with E-state index in [0.29, 0.717) is 17.2 Å². The molecule has 2 N–H and O–H groups in total. The van der Waals surface area contributed by atoms with E-state index in [1.54, 1.807) is 25.1 Å². The van der Waals surface area contributed by atoms with Crippen LogP contribution in [0, 0.1) is 0 Å². The molecule has 0 spiro atoms. The van der Waals surface area contributed by atoms with Crippen molar-refractivity contribution in [2.24, 2.45) is 0 Å². The molecule has 1 aliphatic heterocycles. The lowest BCUT2D eigenvalue weighted by atomic mass is 10.2. The fraction of sp³-hybridized carbons (Fsp3) is 0.235. The standard InChI is InChI=1S/C17H14ClF3N2O3/c1-9(22-11-3-5-14-15(7-11)26-8-25-14)16(24)23-10-2-4-13(18)12(6-10)17(19,20)21/h2-7,9,22H,8H2,1H3,(H,23,24)/t9-/m1/s1. The van der Waals surface area contributed by atoms with Gasteiger partial charge in [-0.15, -0.1) is 0 Å². The fourth-order valence-corrected chi connectivity index (χ4v) is 2.60. The van der Waals surface area contributed by atoms with Crippen LogP contribution in [0.1, 0.15) is 12.5 Å². The molecule has 0 saturated carbocycles. The first kappa shape index (κ1) is 18.2. The first-order valence-corrected chi connectivity index (χ1v) is 7.95. The van der Waals surface area contributed by atoms with Crippen LogP contribution in [0.15, 0.2) is 36.4 Å². The third kappa shape index (κ3) is 3.96. The van der Waals surface area contributed by atoms with E-state index < -0.39 is 28.7 Å². The topological polar surface area (TPSA) is 59.6 Å². The zero-order chi connectivity index (χ0) is 18.9. The van der Waals surface area contributed by atoms with Gasteiger partial charge in [-0.2, -0.15) is 13.2 Å². The van der Waals surface area contributed by atoms with Gasteiger partial charge < -0.3 is 20.1 Å². The molecule has 9 heteroatoms. The summed E-state index contributed by atoms with van der Waals surface area (Å²) < 4.78 is 49.1. The maximum Gasteiger partial charge on any atom is 0.417 e. The lowest BCUT2D eigenvalue weighted by Crippen LogP contribution is -2.31. The number of carbonyl (C=O) groups is 1. The van der Waals surface area contributed by atoms with Crippen LogP contribution in [-0.4, -0.2) is 18.7 Å². The fourth-order valence-electron chi connectivity index (χ4n) is 2.37. The minimum absolute atomic E-state index is 0.00561. The third-order valence-corrected chi connectivity index (χ3v) is 4.02. The molecule has 0 aromatic heterocycles. The van der Waals surface area contributed by atoms with Gasteiger partial charge in [0.1, 0.15) is 6.04 Å². The predicted molar refractivity (Wildman–Crippen MR) is 90.7 cm³/mol. The molecular weight excluding hydrogens is 373 g/mol. The van der Waals surface area contributed by atoms with Crippen molar-refractivity contribution in [3.63, 3.8) is 0 Å². The highest BCUT2D eigenvalue weighted by molar-refractivity contribution is 6.31. The van der Waals surface area contributed by atoms with Crippen molar-refractivity contribution in [3.8, 4) is 11.5 Å². The van der Waals surface area contributed by atoms with E-state index in [9.17, 15) is 18.0 Å². The summed E-state index contributed by atoms with van der Waals surface area (Å²) in [6.07, 6.45) is -4.60. The molecule has 3 rings (SSSR count). The Balaban J connectivity index is 1.68. The number of nitrogens with one attached hydrogen (secondary N) is 2. The van der Waals surface area contributed by atoms with Gasteiger partial charge in [-0.3, -0.25) is 4.79 Å². The van der Waals surface area contributed by atoms with E-state index in [1.165, 1.54) is 6.07 Å². The first-order valence-electron chi connectivity index (χ1n) is 7.58. The van der Waals surface area contributed by atoms with E-state index in [-0.39, 0.29) is 12.5 Å². The van der Waals surface area contributed by atoms with Gasteiger partial charge in [-0.05, 0) is 37.3 Å². The Labute approximate surface area is 152 Å². The number of anilines is 2. The second kappa shape index (κ2) is 6.95. The quantitative estimate of drug-likeness (QED) is 0.810. The summed E-state index contributed by atoms with van der Waals surface area (Å²) in [5, 5.41) is 4.96. The first-order chi connectivity index (χ1) is 12.2. The number of halogens is 4. The van der Waals surface area contributed by atoms with Crippen LogP contribution < -0.4 is 20.1 Å². The largest absolute Gasteiger partial charge is 0.454 e. The van der Waals surface area contributed by atoms with Crippen LogP contribution in [0.2, 0.25) is 5.02 Å². The van der Waals surface area contributed by atoms with E-state index in [4.69, 9.17) is 21.1 Å². The van der Waals surface area contributed by atoms with Gasteiger partial charge in [0, 0.05) is 17.4 Å². The van der Waals surface area contributed by atoms with Crippen molar-refractivity contribution in [3.05, 3.63) is 47.0 Å². The van der Waals surface area contributed by atoms with Gasteiger partial charge in [0.25, 0.3) is 0 Å². The van der Waals surface area contributed by atoms with Crippen LogP contribution >= 0.6 is 11.6 Å². The van der Waals surface area contributed by atoms with Gasteiger partial charge in [-0.1, -0.05) is 11.6 Å². The van der Waals surface area contributed by atoms with Crippen molar-refractivity contribution in [1.82, 2.24) is 0 Å². The Hall–Kier alpha value is -2.61. The number of benzene rings is 2. The molecule has 1 atom stereocenters. The number of hydrogen-bond donors (Lipinski definition) is 2. The van der Waals surface area contributed by atoms with Gasteiger partial charge in [-0.25, -0.2) is 0 Å². The van der Waals surface area contributed by atoms with Gasteiger partial charge in [0.15, 0.2) is 11.5 Å². The highest BCUT2D eigenvalue weighted by Gasteiger charge is 2.33. The lowest BCUT2D eigenvalue weighted by Gasteiger charge is -2.17. The molecule has 0 aliphatic carbocycles. The summed E-state index contributed by atoms with van der Waals surface area (Å²) in [4.78, 5) is 12.3. The van der Waals surface area contributed by atoms with Crippen LogP contribution in [0.3, 0.4) is 0 Å². The highest BCUT2D eigenvalue weighted by atomic mass is 35.5. The molecule has 1 heterocycles. The highest BCUT2D eigenvalue weighted by Crippen LogP contribution is 2.36. The predicted octanol–water partition coefficient (Wildman–Crippen LogP) is 4.53. The average molecular weight is 387 g/mol. The molecule has 138 valence electrons. The van der Waals surface area contributed by atoms with Crippen molar-refractivity contribution >= 4 is 28.9 Å². The Morgan fingerprint density at radius 2 is 1.81 bits per heavy atom. The normalized spacial score (nSPS) is 14.0. The number of alkyl halides is 3. The summed E-state index contributed by atoms with van der Waals surface area (Å²) in [5.41, 5.74) is -0.386. The molecule has 2 aromatic rings. The van der Waals surface area contributed by atoms with Crippen LogP contribution in [-0.2, 0) is 11.0 Å². The van der Waals surface area contributed by atoms with Crippen LogP contribution in [0.5, 0.6) is 11.5 Å². The van der Waals surface area contributed by atoms with Crippen LogP contribution in [0.25, 0.3) is 0 Å². The molecule has 1 amide bonds. The molecule has 0 saturated heterocycles. The van der Waals surface area contributed by atoms with E-state index in [0.717, 1.165) is 12.1 Å². The average Bonchev–Trinajstić information content (AvgIpc) is 3.03. The minimum Gasteiger partial charge on any atom is -0.454 e. The molecule has 1 aliphatic rings.